The van der Waals surface area contributed by atoms with Crippen molar-refractivity contribution < 1.29 is 14.0 Å². The maximum atomic E-state index is 12.3. The largest absolute Gasteiger partial charge is 0.445 e. The smallest absolute Gasteiger partial charge is 0.287 e. The summed E-state index contributed by atoms with van der Waals surface area (Å²) in [6.07, 6.45) is 2.73. The molecule has 1 aliphatic rings. The highest BCUT2D eigenvalue weighted by Gasteiger charge is 2.21. The van der Waals surface area contributed by atoms with Crippen LogP contribution in [0.3, 0.4) is 0 Å². The summed E-state index contributed by atoms with van der Waals surface area (Å²) in [7, 11) is 0. The number of nitrogens with zero attached hydrogens (tertiary/aromatic N) is 1. The molecule has 2 amide bonds. The summed E-state index contributed by atoms with van der Waals surface area (Å²) in [4.78, 5) is 26.0. The number of rotatable bonds is 4. The minimum atomic E-state index is -0.365. The quantitative estimate of drug-likeness (QED) is 0.874. The summed E-state index contributed by atoms with van der Waals surface area (Å²) < 4.78 is 5.34. The summed E-state index contributed by atoms with van der Waals surface area (Å²) in [5.74, 6) is -0.216. The first kappa shape index (κ1) is 15.7. The first-order valence-corrected chi connectivity index (χ1v) is 8.66. The fraction of sp³-hybridized carbons (Fsp3) is 0.294. The van der Waals surface area contributed by atoms with Gasteiger partial charge in [0.2, 0.25) is 5.91 Å². The van der Waals surface area contributed by atoms with Gasteiger partial charge in [-0.2, -0.15) is 0 Å². The molecule has 120 valence electrons. The lowest BCUT2D eigenvalue weighted by Gasteiger charge is -2.28. The predicted molar refractivity (Wildman–Crippen MR) is 88.4 cm³/mol. The Balaban J connectivity index is 1.55. The predicted octanol–water partition coefficient (Wildman–Crippen LogP) is 2.32. The molecule has 0 atom stereocenters. The average molecular weight is 330 g/mol. The van der Waals surface area contributed by atoms with E-state index in [0.717, 1.165) is 6.42 Å². The van der Waals surface area contributed by atoms with Crippen LogP contribution in [-0.4, -0.2) is 36.1 Å². The highest BCUT2D eigenvalue weighted by Crippen LogP contribution is 2.19. The molecule has 5 nitrogen and oxygen atoms in total. The van der Waals surface area contributed by atoms with Gasteiger partial charge in [-0.25, -0.2) is 0 Å². The van der Waals surface area contributed by atoms with Gasteiger partial charge in [0.15, 0.2) is 10.9 Å². The number of carbonyl (C=O) groups is 2. The molecule has 2 heterocycles. The van der Waals surface area contributed by atoms with Gasteiger partial charge in [0.05, 0.1) is 6.54 Å². The van der Waals surface area contributed by atoms with Crippen molar-refractivity contribution in [1.29, 1.82) is 0 Å². The molecule has 2 aromatic rings. The van der Waals surface area contributed by atoms with E-state index in [1.54, 1.807) is 17.0 Å². The molecule has 1 aliphatic heterocycles. The Hall–Kier alpha value is -2.21. The molecule has 0 saturated heterocycles. The van der Waals surface area contributed by atoms with Gasteiger partial charge >= 0.3 is 0 Å². The van der Waals surface area contributed by atoms with Crippen LogP contribution >= 0.6 is 11.8 Å². The summed E-state index contributed by atoms with van der Waals surface area (Å²) in [6.45, 7) is 1.27. The van der Waals surface area contributed by atoms with Gasteiger partial charge in [-0.15, -0.1) is 0 Å². The number of thioether (sulfide) groups is 1. The fourth-order valence-electron chi connectivity index (χ4n) is 2.62. The molecule has 0 radical (unpaired) electrons. The molecular weight excluding hydrogens is 312 g/mol. The SMILES string of the molecule is CSc1ccc(C(=O)NCC(=O)N2CCc3ccccc3C2)o1. The first-order valence-electron chi connectivity index (χ1n) is 7.44. The molecule has 1 aromatic carbocycles. The van der Waals surface area contributed by atoms with Gasteiger partial charge in [-0.1, -0.05) is 36.0 Å². The van der Waals surface area contributed by atoms with Crippen LogP contribution in [0.25, 0.3) is 0 Å². The minimum Gasteiger partial charge on any atom is -0.445 e. The molecule has 0 unspecified atom stereocenters. The molecule has 6 heteroatoms. The normalized spacial score (nSPS) is 13.5. The van der Waals surface area contributed by atoms with E-state index in [1.807, 2.05) is 24.5 Å². The molecule has 1 aromatic heterocycles. The Morgan fingerprint density at radius 2 is 2.00 bits per heavy atom. The van der Waals surface area contributed by atoms with Crippen molar-refractivity contribution in [3.05, 3.63) is 53.3 Å². The maximum Gasteiger partial charge on any atom is 0.287 e. The highest BCUT2D eigenvalue weighted by molar-refractivity contribution is 7.98. The maximum absolute atomic E-state index is 12.3. The number of furan rings is 1. The van der Waals surface area contributed by atoms with E-state index in [9.17, 15) is 9.59 Å². The number of benzene rings is 1. The Morgan fingerprint density at radius 3 is 2.74 bits per heavy atom. The molecule has 0 saturated carbocycles. The van der Waals surface area contributed by atoms with Crippen LogP contribution in [0.4, 0.5) is 0 Å². The first-order chi connectivity index (χ1) is 11.2. The molecule has 3 rings (SSSR count). The van der Waals surface area contributed by atoms with Crippen molar-refractivity contribution in [3.63, 3.8) is 0 Å². The van der Waals surface area contributed by atoms with Crippen molar-refractivity contribution in [2.24, 2.45) is 0 Å². The standard InChI is InChI=1S/C17H18N2O3S/c1-23-16-7-6-14(22-16)17(21)18-10-15(20)19-9-8-12-4-2-3-5-13(12)11-19/h2-7H,8-11H2,1H3,(H,18,21). The van der Waals surface area contributed by atoms with Crippen molar-refractivity contribution in [2.75, 3.05) is 19.3 Å². The third-order valence-electron chi connectivity index (χ3n) is 3.89. The summed E-state index contributed by atoms with van der Waals surface area (Å²) in [5.41, 5.74) is 2.47. The number of hydrogen-bond donors (Lipinski definition) is 1. The Kier molecular flexibility index (Phi) is 4.71. The number of carbonyl (C=O) groups excluding carboxylic acids is 2. The topological polar surface area (TPSA) is 62.6 Å². The minimum absolute atomic E-state index is 0.0176. The molecular formula is C17H18N2O3S. The lowest BCUT2D eigenvalue weighted by Crippen LogP contribution is -2.42. The van der Waals surface area contributed by atoms with Crippen LogP contribution in [0, 0.1) is 0 Å². The third kappa shape index (κ3) is 3.59. The zero-order chi connectivity index (χ0) is 16.2. The van der Waals surface area contributed by atoms with Crippen LogP contribution < -0.4 is 5.32 Å². The fourth-order valence-corrected chi connectivity index (χ4v) is 2.99. The van der Waals surface area contributed by atoms with Crippen molar-refractivity contribution >= 4 is 23.6 Å². The molecule has 0 fully saturated rings. The van der Waals surface area contributed by atoms with Crippen LogP contribution in [0.15, 0.2) is 45.9 Å². The lowest BCUT2D eigenvalue weighted by molar-refractivity contribution is -0.131. The molecule has 23 heavy (non-hydrogen) atoms. The number of hydrogen-bond acceptors (Lipinski definition) is 4. The van der Waals surface area contributed by atoms with E-state index in [0.29, 0.717) is 18.2 Å². The van der Waals surface area contributed by atoms with Crippen LogP contribution in [0.5, 0.6) is 0 Å². The van der Waals surface area contributed by atoms with Gasteiger partial charge in [-0.05, 0) is 35.9 Å². The summed E-state index contributed by atoms with van der Waals surface area (Å²) >= 11 is 1.43. The van der Waals surface area contributed by atoms with Crippen molar-refractivity contribution in [3.8, 4) is 0 Å². The van der Waals surface area contributed by atoms with E-state index in [2.05, 4.69) is 11.4 Å². The second-order valence-electron chi connectivity index (χ2n) is 5.34. The van der Waals surface area contributed by atoms with E-state index < -0.39 is 0 Å². The van der Waals surface area contributed by atoms with E-state index >= 15 is 0 Å². The molecule has 0 spiro atoms. The zero-order valence-corrected chi connectivity index (χ0v) is 13.7. The molecule has 0 aliphatic carbocycles. The van der Waals surface area contributed by atoms with Crippen LogP contribution in [-0.2, 0) is 17.8 Å². The van der Waals surface area contributed by atoms with Crippen molar-refractivity contribution in [2.45, 2.75) is 18.1 Å². The van der Waals surface area contributed by atoms with Gasteiger partial charge in [0.25, 0.3) is 5.91 Å². The summed E-state index contributed by atoms with van der Waals surface area (Å²) in [5, 5.41) is 3.30. The third-order valence-corrected chi connectivity index (χ3v) is 4.51. The second kappa shape index (κ2) is 6.91. The van der Waals surface area contributed by atoms with Crippen LogP contribution in [0.2, 0.25) is 0 Å². The Morgan fingerprint density at radius 1 is 1.22 bits per heavy atom. The van der Waals surface area contributed by atoms with Crippen LogP contribution in [0.1, 0.15) is 21.7 Å². The monoisotopic (exact) mass is 330 g/mol. The van der Waals surface area contributed by atoms with Gasteiger partial charge in [0, 0.05) is 13.1 Å². The number of amides is 2. The van der Waals surface area contributed by atoms with E-state index in [-0.39, 0.29) is 24.1 Å². The zero-order valence-electron chi connectivity index (χ0n) is 12.9. The van der Waals surface area contributed by atoms with E-state index in [4.69, 9.17) is 4.42 Å². The molecule has 1 N–H and O–H groups in total. The van der Waals surface area contributed by atoms with Gasteiger partial charge in [-0.3, -0.25) is 9.59 Å². The lowest BCUT2D eigenvalue weighted by atomic mass is 10.00. The molecule has 0 bridgehead atoms. The van der Waals surface area contributed by atoms with E-state index in [1.165, 1.54) is 22.9 Å². The van der Waals surface area contributed by atoms with Crippen molar-refractivity contribution in [1.82, 2.24) is 10.2 Å². The average Bonchev–Trinajstić information content (AvgIpc) is 3.08. The van der Waals surface area contributed by atoms with Gasteiger partial charge < -0.3 is 14.6 Å². The number of fused-ring (bicyclic) bond motifs is 1. The van der Waals surface area contributed by atoms with Gasteiger partial charge in [0.1, 0.15) is 0 Å². The highest BCUT2D eigenvalue weighted by atomic mass is 32.2. The Bertz CT molecular complexity index is 726. The second-order valence-corrected chi connectivity index (χ2v) is 6.15. The summed E-state index contributed by atoms with van der Waals surface area (Å²) in [6, 6.07) is 11.5. The Labute approximate surface area is 139 Å². The number of nitrogens with one attached hydrogen (secondary N) is 1.